The van der Waals surface area contributed by atoms with Crippen LogP contribution in [0.5, 0.6) is 0 Å². The van der Waals surface area contributed by atoms with E-state index < -0.39 is 0 Å². The van der Waals surface area contributed by atoms with Crippen molar-refractivity contribution in [3.63, 3.8) is 0 Å². The quantitative estimate of drug-likeness (QED) is 0.520. The molecule has 0 aromatic heterocycles. The largest absolute Gasteiger partial charge is 0.465 e. The minimum Gasteiger partial charge on any atom is -0.465 e. The number of hydrogen-bond acceptors (Lipinski definition) is 5. The van der Waals surface area contributed by atoms with Gasteiger partial charge in [-0.1, -0.05) is 0 Å². The standard InChI is InChI=1S/C12H23N2O4/c1-5-14(9-12(16)17-4)7-6-13(3)8-11(15)18-10(14)2/h10H,5-9H2,1-4H3/q+1/t10-,14?/m1/s1. The Morgan fingerprint density at radius 1 is 1.61 bits per heavy atom. The monoisotopic (exact) mass is 259 g/mol. The van der Waals surface area contributed by atoms with Crippen LogP contribution in [0.3, 0.4) is 0 Å². The number of esters is 2. The van der Waals surface area contributed by atoms with Crippen molar-refractivity contribution < 1.29 is 23.5 Å². The summed E-state index contributed by atoms with van der Waals surface area (Å²) >= 11 is 0. The molecular weight excluding hydrogens is 236 g/mol. The van der Waals surface area contributed by atoms with Gasteiger partial charge in [0.2, 0.25) is 6.23 Å². The fraction of sp³-hybridized carbons (Fsp3) is 0.833. The van der Waals surface area contributed by atoms with Crippen LogP contribution in [-0.2, 0) is 19.1 Å². The van der Waals surface area contributed by atoms with E-state index in [1.54, 1.807) is 0 Å². The van der Waals surface area contributed by atoms with E-state index in [-0.39, 0.29) is 24.7 Å². The zero-order chi connectivity index (χ0) is 13.8. The first kappa shape index (κ1) is 14.9. The third kappa shape index (κ3) is 3.43. The molecule has 0 bridgehead atoms. The number of likely N-dealkylation sites (N-methyl/N-ethyl adjacent to an activating group) is 2. The lowest BCUT2D eigenvalue weighted by Gasteiger charge is -2.43. The maximum absolute atomic E-state index is 11.6. The summed E-state index contributed by atoms with van der Waals surface area (Å²) in [4.78, 5) is 25.1. The summed E-state index contributed by atoms with van der Waals surface area (Å²) in [6, 6.07) is 0. The second-order valence-electron chi connectivity index (χ2n) is 4.82. The van der Waals surface area contributed by atoms with Crippen molar-refractivity contribution in [2.75, 3.05) is 46.9 Å². The molecule has 104 valence electrons. The first-order valence-electron chi connectivity index (χ1n) is 6.24. The van der Waals surface area contributed by atoms with Crippen LogP contribution in [0.15, 0.2) is 0 Å². The van der Waals surface area contributed by atoms with Gasteiger partial charge in [-0.3, -0.25) is 14.2 Å². The minimum absolute atomic E-state index is 0.231. The number of rotatable bonds is 3. The molecule has 0 spiro atoms. The van der Waals surface area contributed by atoms with Crippen molar-refractivity contribution in [2.45, 2.75) is 20.1 Å². The Balaban J connectivity index is 2.89. The van der Waals surface area contributed by atoms with Crippen molar-refractivity contribution in [3.05, 3.63) is 0 Å². The Bertz CT molecular complexity index is 321. The summed E-state index contributed by atoms with van der Waals surface area (Å²) in [5.74, 6) is -0.520. The van der Waals surface area contributed by atoms with Crippen molar-refractivity contribution in [2.24, 2.45) is 0 Å². The van der Waals surface area contributed by atoms with Crippen LogP contribution in [0, 0.1) is 0 Å². The van der Waals surface area contributed by atoms with E-state index in [1.807, 2.05) is 25.8 Å². The van der Waals surface area contributed by atoms with E-state index in [0.29, 0.717) is 11.0 Å². The molecule has 6 nitrogen and oxygen atoms in total. The Morgan fingerprint density at radius 3 is 2.83 bits per heavy atom. The van der Waals surface area contributed by atoms with Crippen LogP contribution in [0.2, 0.25) is 0 Å². The number of nitrogens with zero attached hydrogens (tertiary/aromatic N) is 2. The first-order chi connectivity index (χ1) is 8.43. The number of methoxy groups -OCH3 is 1. The van der Waals surface area contributed by atoms with Gasteiger partial charge in [0.15, 0.2) is 6.54 Å². The Kier molecular flexibility index (Phi) is 5.10. The van der Waals surface area contributed by atoms with Gasteiger partial charge >= 0.3 is 11.9 Å². The maximum Gasteiger partial charge on any atom is 0.361 e. The lowest BCUT2D eigenvalue weighted by atomic mass is 10.2. The molecule has 2 atom stereocenters. The zero-order valence-corrected chi connectivity index (χ0v) is 11.6. The van der Waals surface area contributed by atoms with Gasteiger partial charge in [0.25, 0.3) is 0 Å². The summed E-state index contributed by atoms with van der Waals surface area (Å²) in [6.07, 6.45) is -0.324. The maximum atomic E-state index is 11.6. The lowest BCUT2D eigenvalue weighted by molar-refractivity contribution is -0.959. The average Bonchev–Trinajstić information content (AvgIpc) is 2.32. The predicted octanol–water partition coefficient (Wildman–Crippen LogP) is -0.169. The number of hydrogen-bond donors (Lipinski definition) is 0. The van der Waals surface area contributed by atoms with Crippen molar-refractivity contribution >= 4 is 11.9 Å². The van der Waals surface area contributed by atoms with E-state index in [4.69, 9.17) is 9.47 Å². The molecule has 0 aromatic rings. The topological polar surface area (TPSA) is 55.8 Å². The van der Waals surface area contributed by atoms with Gasteiger partial charge in [-0.2, -0.15) is 0 Å². The van der Waals surface area contributed by atoms with Crippen molar-refractivity contribution in [3.8, 4) is 0 Å². The van der Waals surface area contributed by atoms with Crippen LogP contribution >= 0.6 is 0 Å². The van der Waals surface area contributed by atoms with Crippen LogP contribution in [0.4, 0.5) is 0 Å². The Hall–Kier alpha value is -1.14. The van der Waals surface area contributed by atoms with E-state index in [0.717, 1.165) is 19.6 Å². The predicted molar refractivity (Wildman–Crippen MR) is 65.6 cm³/mol. The highest BCUT2D eigenvalue weighted by molar-refractivity contribution is 5.72. The van der Waals surface area contributed by atoms with Crippen LogP contribution in [0.1, 0.15) is 13.8 Å². The third-order valence-electron chi connectivity index (χ3n) is 3.70. The number of cyclic esters (lactones) is 1. The number of ether oxygens (including phenoxy) is 2. The molecule has 0 N–H and O–H groups in total. The lowest BCUT2D eigenvalue weighted by Crippen LogP contribution is -2.62. The zero-order valence-electron chi connectivity index (χ0n) is 11.6. The summed E-state index contributed by atoms with van der Waals surface area (Å²) < 4.78 is 10.6. The molecule has 1 heterocycles. The van der Waals surface area contributed by atoms with Gasteiger partial charge in [0.05, 0.1) is 26.7 Å². The van der Waals surface area contributed by atoms with Crippen LogP contribution in [-0.4, -0.2) is 74.4 Å². The highest BCUT2D eigenvalue weighted by Crippen LogP contribution is 2.17. The molecular formula is C12H23N2O4+. The van der Waals surface area contributed by atoms with Crippen molar-refractivity contribution in [1.29, 1.82) is 0 Å². The molecule has 1 aliphatic rings. The van der Waals surface area contributed by atoms with Crippen molar-refractivity contribution in [1.82, 2.24) is 4.90 Å². The molecule has 1 fully saturated rings. The summed E-state index contributed by atoms with van der Waals surface area (Å²) in [7, 11) is 3.25. The second kappa shape index (κ2) is 6.15. The summed E-state index contributed by atoms with van der Waals surface area (Å²) in [6.45, 7) is 6.60. The molecule has 1 saturated heterocycles. The molecule has 1 rings (SSSR count). The van der Waals surface area contributed by atoms with E-state index >= 15 is 0 Å². The summed E-state index contributed by atoms with van der Waals surface area (Å²) in [5.41, 5.74) is 0. The van der Waals surface area contributed by atoms with Crippen LogP contribution < -0.4 is 0 Å². The van der Waals surface area contributed by atoms with Gasteiger partial charge < -0.3 is 9.47 Å². The molecule has 18 heavy (non-hydrogen) atoms. The fourth-order valence-electron chi connectivity index (χ4n) is 2.25. The smallest absolute Gasteiger partial charge is 0.361 e. The molecule has 0 radical (unpaired) electrons. The molecule has 1 aliphatic heterocycles. The molecule has 1 unspecified atom stereocenters. The number of carbonyl (C=O) groups is 2. The molecule has 6 heteroatoms. The first-order valence-corrected chi connectivity index (χ1v) is 6.24. The van der Waals surface area contributed by atoms with E-state index in [1.165, 1.54) is 7.11 Å². The SMILES string of the molecule is CC[N+]1(CC(=O)OC)CCN(C)CC(=O)O[C@@H]1C. The Labute approximate surface area is 108 Å². The third-order valence-corrected chi connectivity index (χ3v) is 3.70. The number of carbonyl (C=O) groups excluding carboxylic acids is 2. The van der Waals surface area contributed by atoms with Gasteiger partial charge in [0, 0.05) is 13.5 Å². The average molecular weight is 259 g/mol. The molecule has 0 aliphatic carbocycles. The van der Waals surface area contributed by atoms with E-state index in [2.05, 4.69) is 0 Å². The number of quaternary nitrogens is 1. The van der Waals surface area contributed by atoms with Gasteiger partial charge in [-0.25, -0.2) is 4.79 Å². The van der Waals surface area contributed by atoms with E-state index in [9.17, 15) is 9.59 Å². The van der Waals surface area contributed by atoms with Gasteiger partial charge in [-0.05, 0) is 14.0 Å². The summed E-state index contributed by atoms with van der Waals surface area (Å²) in [5, 5.41) is 0. The highest BCUT2D eigenvalue weighted by atomic mass is 16.6. The van der Waals surface area contributed by atoms with Crippen LogP contribution in [0.25, 0.3) is 0 Å². The molecule has 0 saturated carbocycles. The normalized spacial score (nSPS) is 30.2. The fourth-order valence-corrected chi connectivity index (χ4v) is 2.25. The molecule has 0 amide bonds. The van der Waals surface area contributed by atoms with Gasteiger partial charge in [0.1, 0.15) is 0 Å². The minimum atomic E-state index is -0.324. The van der Waals surface area contributed by atoms with Gasteiger partial charge in [-0.15, -0.1) is 0 Å². The second-order valence-corrected chi connectivity index (χ2v) is 4.82. The Morgan fingerprint density at radius 2 is 2.28 bits per heavy atom. The highest BCUT2D eigenvalue weighted by Gasteiger charge is 2.39. The molecule has 0 aromatic carbocycles.